The summed E-state index contributed by atoms with van der Waals surface area (Å²) in [5.41, 5.74) is 0.445. The normalized spacial score (nSPS) is 22.7. The molecule has 8 heteroatoms. The van der Waals surface area contributed by atoms with Crippen LogP contribution in [-0.2, 0) is 11.0 Å². The van der Waals surface area contributed by atoms with Crippen LogP contribution in [0.2, 0.25) is 0 Å². The summed E-state index contributed by atoms with van der Waals surface area (Å²) in [5, 5.41) is 11.5. The Balaban J connectivity index is 1.41. The number of nitriles is 1. The topological polar surface area (TPSA) is 59.4 Å². The van der Waals surface area contributed by atoms with Crippen molar-refractivity contribution in [2.24, 2.45) is 5.92 Å². The monoisotopic (exact) mass is 436 g/mol. The van der Waals surface area contributed by atoms with Gasteiger partial charge in [-0.2, -0.15) is 18.4 Å². The van der Waals surface area contributed by atoms with Crippen molar-refractivity contribution in [3.05, 3.63) is 29.3 Å². The SMILES string of the molecule is Cc1c(N2CCN(CCC3CCC(NC(=O)CC#N)CC3)CC2)cccc1C(F)(F)F. The van der Waals surface area contributed by atoms with Crippen LogP contribution >= 0.6 is 0 Å². The van der Waals surface area contributed by atoms with Gasteiger partial charge in [0.2, 0.25) is 5.91 Å². The molecule has 170 valence electrons. The number of halogens is 3. The first-order valence-electron chi connectivity index (χ1n) is 11.1. The largest absolute Gasteiger partial charge is 0.416 e. The van der Waals surface area contributed by atoms with E-state index in [9.17, 15) is 18.0 Å². The summed E-state index contributed by atoms with van der Waals surface area (Å²) in [6.45, 7) is 5.75. The van der Waals surface area contributed by atoms with Crippen molar-refractivity contribution in [2.75, 3.05) is 37.6 Å². The number of carbonyl (C=O) groups excluding carboxylic acids is 1. The molecule has 1 N–H and O–H groups in total. The average Bonchev–Trinajstić information content (AvgIpc) is 2.73. The molecular formula is C23H31F3N4O. The number of piperazine rings is 1. The number of nitrogens with one attached hydrogen (secondary N) is 1. The molecule has 0 spiro atoms. The molecule has 0 unspecified atom stereocenters. The Morgan fingerprint density at radius 1 is 1.16 bits per heavy atom. The predicted octanol–water partition coefficient (Wildman–Crippen LogP) is 4.11. The predicted molar refractivity (Wildman–Crippen MR) is 114 cm³/mol. The zero-order valence-electron chi connectivity index (χ0n) is 18.0. The molecule has 1 aliphatic heterocycles. The van der Waals surface area contributed by atoms with Crippen LogP contribution in [0.15, 0.2) is 18.2 Å². The maximum atomic E-state index is 13.2. The molecule has 0 aromatic heterocycles. The van der Waals surface area contributed by atoms with E-state index in [1.165, 1.54) is 6.07 Å². The Morgan fingerprint density at radius 2 is 1.84 bits per heavy atom. The number of rotatable bonds is 6. The first-order chi connectivity index (χ1) is 14.8. The Labute approximate surface area is 182 Å². The van der Waals surface area contributed by atoms with E-state index in [0.717, 1.165) is 70.9 Å². The number of carbonyl (C=O) groups is 1. The van der Waals surface area contributed by atoms with Gasteiger partial charge in [-0.1, -0.05) is 6.07 Å². The maximum absolute atomic E-state index is 13.2. The first kappa shape index (κ1) is 23.4. The number of hydrogen-bond donors (Lipinski definition) is 1. The van der Waals surface area contributed by atoms with Gasteiger partial charge in [-0.3, -0.25) is 9.69 Å². The second-order valence-electron chi connectivity index (χ2n) is 8.68. The standard InChI is InChI=1S/C23H31F3N4O/c1-17-20(23(24,25)26)3-2-4-21(17)30-15-13-29(14-16-30)12-10-18-5-7-19(8-6-18)28-22(31)9-11-27/h2-4,18-19H,5-10,12-16H2,1H3,(H,28,31). The molecule has 1 amide bonds. The fraction of sp³-hybridized carbons (Fsp3) is 0.652. The molecule has 5 nitrogen and oxygen atoms in total. The molecule has 0 bridgehead atoms. The number of alkyl halides is 3. The molecule has 1 saturated heterocycles. The van der Waals surface area contributed by atoms with Crippen molar-refractivity contribution in [3.8, 4) is 6.07 Å². The molecule has 0 atom stereocenters. The zero-order valence-corrected chi connectivity index (χ0v) is 18.0. The van der Waals surface area contributed by atoms with Crippen LogP contribution in [0, 0.1) is 24.2 Å². The summed E-state index contributed by atoms with van der Waals surface area (Å²) >= 11 is 0. The van der Waals surface area contributed by atoms with Crippen LogP contribution in [0.5, 0.6) is 0 Å². The lowest BCUT2D eigenvalue weighted by atomic mass is 9.84. The van der Waals surface area contributed by atoms with Crippen LogP contribution in [0.1, 0.15) is 49.7 Å². The third-order valence-electron chi connectivity index (χ3n) is 6.63. The minimum atomic E-state index is -4.32. The number of hydrogen-bond acceptors (Lipinski definition) is 4. The minimum Gasteiger partial charge on any atom is -0.369 e. The highest BCUT2D eigenvalue weighted by Crippen LogP contribution is 2.36. The Bertz CT molecular complexity index is 789. The van der Waals surface area contributed by atoms with E-state index in [4.69, 9.17) is 5.26 Å². The Morgan fingerprint density at radius 3 is 2.45 bits per heavy atom. The molecular weight excluding hydrogens is 405 g/mol. The van der Waals surface area contributed by atoms with Crippen LogP contribution < -0.4 is 10.2 Å². The van der Waals surface area contributed by atoms with Crippen molar-refractivity contribution >= 4 is 11.6 Å². The van der Waals surface area contributed by atoms with E-state index < -0.39 is 11.7 Å². The van der Waals surface area contributed by atoms with Gasteiger partial charge >= 0.3 is 6.18 Å². The van der Waals surface area contributed by atoms with Gasteiger partial charge in [-0.05, 0) is 69.2 Å². The molecule has 1 heterocycles. The van der Waals surface area contributed by atoms with E-state index in [0.29, 0.717) is 17.2 Å². The molecule has 2 fully saturated rings. The van der Waals surface area contributed by atoms with E-state index in [1.807, 2.05) is 6.07 Å². The van der Waals surface area contributed by atoms with Gasteiger partial charge in [-0.25, -0.2) is 0 Å². The summed E-state index contributed by atoms with van der Waals surface area (Å²) in [5.74, 6) is 0.465. The number of amides is 1. The van der Waals surface area contributed by atoms with Gasteiger partial charge in [-0.15, -0.1) is 0 Å². The fourth-order valence-electron chi connectivity index (χ4n) is 4.80. The zero-order chi connectivity index (χ0) is 22.4. The third kappa shape index (κ3) is 6.36. The lowest BCUT2D eigenvalue weighted by Crippen LogP contribution is -2.47. The number of nitrogens with zero attached hydrogens (tertiary/aromatic N) is 3. The summed E-state index contributed by atoms with van der Waals surface area (Å²) in [4.78, 5) is 16.0. The molecule has 1 aliphatic carbocycles. The summed E-state index contributed by atoms with van der Waals surface area (Å²) in [6, 6.07) is 6.50. The molecule has 1 aromatic rings. The van der Waals surface area contributed by atoms with E-state index in [1.54, 1.807) is 13.0 Å². The molecule has 1 saturated carbocycles. The van der Waals surface area contributed by atoms with Crippen molar-refractivity contribution < 1.29 is 18.0 Å². The average molecular weight is 437 g/mol. The van der Waals surface area contributed by atoms with Gasteiger partial charge < -0.3 is 10.2 Å². The summed E-state index contributed by atoms with van der Waals surface area (Å²) in [6.07, 6.45) is 0.809. The van der Waals surface area contributed by atoms with Crippen molar-refractivity contribution in [3.63, 3.8) is 0 Å². The second kappa shape index (κ2) is 10.4. The Hall–Kier alpha value is -2.27. The van der Waals surface area contributed by atoms with Gasteiger partial charge in [0.25, 0.3) is 0 Å². The van der Waals surface area contributed by atoms with Crippen molar-refractivity contribution in [1.82, 2.24) is 10.2 Å². The molecule has 2 aliphatic rings. The Kier molecular flexibility index (Phi) is 7.82. The van der Waals surface area contributed by atoms with Gasteiger partial charge in [0.15, 0.2) is 0 Å². The van der Waals surface area contributed by atoms with Crippen LogP contribution in [0.4, 0.5) is 18.9 Å². The first-order valence-corrected chi connectivity index (χ1v) is 11.1. The van der Waals surface area contributed by atoms with Crippen LogP contribution in [-0.4, -0.2) is 49.6 Å². The highest BCUT2D eigenvalue weighted by molar-refractivity contribution is 5.78. The summed E-state index contributed by atoms with van der Waals surface area (Å²) in [7, 11) is 0. The molecule has 31 heavy (non-hydrogen) atoms. The van der Waals surface area contributed by atoms with Crippen LogP contribution in [0.25, 0.3) is 0 Å². The van der Waals surface area contributed by atoms with Crippen molar-refractivity contribution in [2.45, 2.75) is 57.7 Å². The van der Waals surface area contributed by atoms with E-state index in [-0.39, 0.29) is 18.4 Å². The fourth-order valence-corrected chi connectivity index (χ4v) is 4.80. The summed E-state index contributed by atoms with van der Waals surface area (Å²) < 4.78 is 39.6. The quantitative estimate of drug-likeness (QED) is 0.729. The minimum absolute atomic E-state index is 0.0775. The number of benzene rings is 1. The highest BCUT2D eigenvalue weighted by atomic mass is 19.4. The smallest absolute Gasteiger partial charge is 0.369 e. The highest BCUT2D eigenvalue weighted by Gasteiger charge is 2.34. The van der Waals surface area contributed by atoms with Gasteiger partial charge in [0, 0.05) is 37.9 Å². The van der Waals surface area contributed by atoms with Crippen molar-refractivity contribution in [1.29, 1.82) is 5.26 Å². The van der Waals surface area contributed by atoms with Gasteiger partial charge in [0.05, 0.1) is 11.6 Å². The van der Waals surface area contributed by atoms with Crippen LogP contribution in [0.3, 0.4) is 0 Å². The van der Waals surface area contributed by atoms with Gasteiger partial charge in [0.1, 0.15) is 6.42 Å². The van der Waals surface area contributed by atoms with E-state index >= 15 is 0 Å². The third-order valence-corrected chi connectivity index (χ3v) is 6.63. The number of anilines is 1. The lowest BCUT2D eigenvalue weighted by molar-refractivity contribution is -0.138. The molecule has 3 rings (SSSR count). The second-order valence-corrected chi connectivity index (χ2v) is 8.68. The van der Waals surface area contributed by atoms with E-state index in [2.05, 4.69) is 15.1 Å². The molecule has 1 aromatic carbocycles. The molecule has 0 radical (unpaired) electrons. The maximum Gasteiger partial charge on any atom is 0.416 e. The lowest BCUT2D eigenvalue weighted by Gasteiger charge is -2.38.